The first kappa shape index (κ1) is 17.1. The van der Waals surface area contributed by atoms with Crippen molar-refractivity contribution in [1.29, 1.82) is 0 Å². The molecule has 0 unspecified atom stereocenters. The molecular formula is C18H18N6O3. The number of aromatic nitrogens is 3. The fourth-order valence-corrected chi connectivity index (χ4v) is 3.39. The van der Waals surface area contributed by atoms with Gasteiger partial charge in [0.2, 0.25) is 0 Å². The van der Waals surface area contributed by atoms with E-state index in [2.05, 4.69) is 19.9 Å². The number of hydrogen-bond donors (Lipinski definition) is 1. The number of anilines is 1. The lowest BCUT2D eigenvalue weighted by molar-refractivity contribution is -0.384. The van der Waals surface area contributed by atoms with Gasteiger partial charge in [0.1, 0.15) is 5.69 Å². The third kappa shape index (κ3) is 3.49. The molecule has 9 heteroatoms. The maximum absolute atomic E-state index is 11.9. The molecule has 1 N–H and O–H groups in total. The number of hydrogen-bond acceptors (Lipinski definition) is 7. The van der Waals surface area contributed by atoms with Crippen molar-refractivity contribution in [3.05, 3.63) is 69.0 Å². The Labute approximate surface area is 154 Å². The first-order valence-electron chi connectivity index (χ1n) is 8.64. The minimum atomic E-state index is -0.441. The predicted octanol–water partition coefficient (Wildman–Crippen LogP) is 1.55. The molecule has 3 heterocycles. The number of benzene rings is 1. The van der Waals surface area contributed by atoms with Crippen LogP contribution in [0.4, 0.5) is 11.4 Å². The highest BCUT2D eigenvalue weighted by Crippen LogP contribution is 2.32. The van der Waals surface area contributed by atoms with Crippen molar-refractivity contribution in [2.24, 2.45) is 0 Å². The van der Waals surface area contributed by atoms with Crippen LogP contribution in [0.2, 0.25) is 0 Å². The van der Waals surface area contributed by atoms with Crippen LogP contribution in [0, 0.1) is 10.1 Å². The molecule has 1 aliphatic rings. The lowest BCUT2D eigenvalue weighted by Crippen LogP contribution is -2.46. The van der Waals surface area contributed by atoms with Crippen molar-refractivity contribution in [2.75, 3.05) is 31.1 Å². The summed E-state index contributed by atoms with van der Waals surface area (Å²) in [5.41, 5.74) is 1.66. The third-order valence-electron chi connectivity index (χ3n) is 4.78. The van der Waals surface area contributed by atoms with Crippen LogP contribution in [0.1, 0.15) is 5.56 Å². The second kappa shape index (κ2) is 7.12. The SMILES string of the molecule is O=c1[nH]cnc2cc(N3CCN(Cc4cccnc4)CC3)c([N+](=O)[O-])cc12. The minimum absolute atomic E-state index is 0.0679. The Balaban J connectivity index is 1.57. The molecule has 1 aromatic carbocycles. The Kier molecular flexibility index (Phi) is 4.51. The van der Waals surface area contributed by atoms with Gasteiger partial charge in [-0.2, -0.15) is 0 Å². The van der Waals surface area contributed by atoms with Crippen LogP contribution in [0.15, 0.2) is 47.8 Å². The van der Waals surface area contributed by atoms with E-state index in [1.807, 2.05) is 23.2 Å². The van der Waals surface area contributed by atoms with E-state index < -0.39 is 4.92 Å². The Morgan fingerprint density at radius 1 is 1.22 bits per heavy atom. The van der Waals surface area contributed by atoms with Crippen molar-refractivity contribution >= 4 is 22.3 Å². The van der Waals surface area contributed by atoms with Crippen molar-refractivity contribution in [3.8, 4) is 0 Å². The number of nitrogens with zero attached hydrogens (tertiary/aromatic N) is 5. The maximum Gasteiger partial charge on any atom is 0.293 e. The Bertz CT molecular complexity index is 1030. The number of nitro groups is 1. The summed E-state index contributed by atoms with van der Waals surface area (Å²) in [6.45, 7) is 3.70. The number of aromatic amines is 1. The Morgan fingerprint density at radius 3 is 2.74 bits per heavy atom. The summed E-state index contributed by atoms with van der Waals surface area (Å²) in [6.07, 6.45) is 4.91. The number of rotatable bonds is 4. The molecule has 2 aromatic heterocycles. The first-order valence-corrected chi connectivity index (χ1v) is 8.64. The van der Waals surface area contributed by atoms with Crippen LogP contribution in [0.25, 0.3) is 10.9 Å². The summed E-state index contributed by atoms with van der Waals surface area (Å²) in [6, 6.07) is 6.91. The highest BCUT2D eigenvalue weighted by molar-refractivity contribution is 5.87. The van der Waals surface area contributed by atoms with Crippen LogP contribution in [0.3, 0.4) is 0 Å². The third-order valence-corrected chi connectivity index (χ3v) is 4.78. The molecule has 0 radical (unpaired) electrons. The van der Waals surface area contributed by atoms with Crippen LogP contribution >= 0.6 is 0 Å². The summed E-state index contributed by atoms with van der Waals surface area (Å²) in [5.74, 6) is 0. The van der Waals surface area contributed by atoms with Crippen LogP contribution in [0.5, 0.6) is 0 Å². The molecule has 9 nitrogen and oxygen atoms in total. The van der Waals surface area contributed by atoms with E-state index >= 15 is 0 Å². The molecule has 1 saturated heterocycles. The van der Waals surface area contributed by atoms with E-state index in [1.165, 1.54) is 12.4 Å². The van der Waals surface area contributed by atoms with E-state index in [1.54, 1.807) is 12.3 Å². The Morgan fingerprint density at radius 2 is 2.04 bits per heavy atom. The highest BCUT2D eigenvalue weighted by Gasteiger charge is 2.25. The first-order chi connectivity index (χ1) is 13.1. The van der Waals surface area contributed by atoms with Gasteiger partial charge in [-0.15, -0.1) is 0 Å². The molecule has 4 rings (SSSR count). The number of pyridine rings is 1. The zero-order valence-corrected chi connectivity index (χ0v) is 14.5. The highest BCUT2D eigenvalue weighted by atomic mass is 16.6. The average Bonchev–Trinajstić information content (AvgIpc) is 2.69. The lowest BCUT2D eigenvalue weighted by atomic mass is 10.1. The van der Waals surface area contributed by atoms with Crippen molar-refractivity contribution in [2.45, 2.75) is 6.54 Å². The molecular weight excluding hydrogens is 348 g/mol. The minimum Gasteiger partial charge on any atom is -0.363 e. The van der Waals surface area contributed by atoms with Gasteiger partial charge in [-0.1, -0.05) is 6.07 Å². The van der Waals surface area contributed by atoms with Crippen LogP contribution in [-0.4, -0.2) is 51.0 Å². The number of nitro benzene ring substituents is 1. The lowest BCUT2D eigenvalue weighted by Gasteiger charge is -2.35. The number of fused-ring (bicyclic) bond motifs is 1. The van der Waals surface area contributed by atoms with Gasteiger partial charge >= 0.3 is 0 Å². The molecule has 3 aromatic rings. The molecule has 1 fully saturated rings. The zero-order chi connectivity index (χ0) is 18.8. The van der Waals surface area contributed by atoms with E-state index in [-0.39, 0.29) is 16.6 Å². The summed E-state index contributed by atoms with van der Waals surface area (Å²) in [7, 11) is 0. The smallest absolute Gasteiger partial charge is 0.293 e. The van der Waals surface area contributed by atoms with Crippen LogP contribution < -0.4 is 10.5 Å². The predicted molar refractivity (Wildman–Crippen MR) is 101 cm³/mol. The molecule has 0 bridgehead atoms. The van der Waals surface area contributed by atoms with E-state index in [0.717, 1.165) is 25.2 Å². The quantitative estimate of drug-likeness (QED) is 0.551. The largest absolute Gasteiger partial charge is 0.363 e. The van der Waals surface area contributed by atoms with Crippen molar-refractivity contribution in [1.82, 2.24) is 19.9 Å². The average molecular weight is 366 g/mol. The van der Waals surface area contributed by atoms with Crippen molar-refractivity contribution < 1.29 is 4.92 Å². The van der Waals surface area contributed by atoms with Crippen molar-refractivity contribution in [3.63, 3.8) is 0 Å². The molecule has 138 valence electrons. The monoisotopic (exact) mass is 366 g/mol. The molecule has 0 amide bonds. The molecule has 0 aliphatic carbocycles. The van der Waals surface area contributed by atoms with Gasteiger partial charge in [-0.05, 0) is 17.7 Å². The van der Waals surface area contributed by atoms with Gasteiger partial charge in [-0.3, -0.25) is 24.8 Å². The summed E-state index contributed by atoms with van der Waals surface area (Å²) in [5, 5.41) is 11.8. The Hall–Kier alpha value is -3.33. The van der Waals surface area contributed by atoms with Gasteiger partial charge in [0.15, 0.2) is 0 Å². The van der Waals surface area contributed by atoms with Gasteiger partial charge in [0.25, 0.3) is 11.2 Å². The summed E-state index contributed by atoms with van der Waals surface area (Å²) >= 11 is 0. The second-order valence-corrected chi connectivity index (χ2v) is 6.47. The number of piperazine rings is 1. The standard InChI is InChI=1S/C18H18N6O3/c25-18-14-8-17(24(26)27)16(9-15(14)20-12-21-18)23-6-4-22(5-7-23)11-13-2-1-3-19-10-13/h1-3,8-10,12H,4-7,11H2,(H,20,21,25). The van der Waals surface area contributed by atoms with Gasteiger partial charge in [0, 0.05) is 51.2 Å². The number of nitrogens with one attached hydrogen (secondary N) is 1. The summed E-state index contributed by atoms with van der Waals surface area (Å²) < 4.78 is 0. The molecule has 0 spiro atoms. The van der Waals surface area contributed by atoms with Gasteiger partial charge < -0.3 is 9.88 Å². The summed E-state index contributed by atoms with van der Waals surface area (Å²) in [4.78, 5) is 38.0. The van der Waals surface area contributed by atoms with E-state index in [0.29, 0.717) is 24.3 Å². The zero-order valence-electron chi connectivity index (χ0n) is 14.5. The molecule has 27 heavy (non-hydrogen) atoms. The maximum atomic E-state index is 11.9. The van der Waals surface area contributed by atoms with E-state index in [4.69, 9.17) is 0 Å². The normalized spacial score (nSPS) is 15.2. The topological polar surface area (TPSA) is 108 Å². The van der Waals surface area contributed by atoms with Gasteiger partial charge in [0.05, 0.1) is 22.2 Å². The van der Waals surface area contributed by atoms with Crippen LogP contribution in [-0.2, 0) is 6.54 Å². The molecule has 0 atom stereocenters. The fraction of sp³-hybridized carbons (Fsp3) is 0.278. The fourth-order valence-electron chi connectivity index (χ4n) is 3.39. The molecule has 1 aliphatic heterocycles. The van der Waals surface area contributed by atoms with E-state index in [9.17, 15) is 14.9 Å². The van der Waals surface area contributed by atoms with Gasteiger partial charge in [-0.25, -0.2) is 4.98 Å². The second-order valence-electron chi connectivity index (χ2n) is 6.47. The molecule has 0 saturated carbocycles. The number of H-pyrrole nitrogens is 1.